The lowest BCUT2D eigenvalue weighted by Crippen LogP contribution is -2.42. The zero-order valence-corrected chi connectivity index (χ0v) is 10.4. The number of hydrogen-bond donors (Lipinski definition) is 2. The average molecular weight is 245 g/mol. The van der Waals surface area contributed by atoms with Gasteiger partial charge in [-0.1, -0.05) is 19.8 Å². The highest BCUT2D eigenvalue weighted by atomic mass is 32.1. The van der Waals surface area contributed by atoms with Gasteiger partial charge in [0.05, 0.1) is 0 Å². The maximum Gasteiger partial charge on any atom is 0.326 e. The van der Waals surface area contributed by atoms with Gasteiger partial charge in [-0.15, -0.1) is 0 Å². The van der Waals surface area contributed by atoms with Gasteiger partial charge < -0.3 is 10.0 Å². The fourth-order valence-corrected chi connectivity index (χ4v) is 2.29. The number of likely N-dealkylation sites (tertiary alicyclic amines) is 1. The highest BCUT2D eigenvalue weighted by Crippen LogP contribution is 2.23. The van der Waals surface area contributed by atoms with E-state index in [9.17, 15) is 9.59 Å². The summed E-state index contributed by atoms with van der Waals surface area (Å²) in [5.41, 5.74) is 0. The van der Waals surface area contributed by atoms with Gasteiger partial charge in [0.1, 0.15) is 6.04 Å². The molecule has 1 aliphatic rings. The zero-order chi connectivity index (χ0) is 12.1. The third kappa shape index (κ3) is 3.14. The Hall–Kier alpha value is -0.710. The van der Waals surface area contributed by atoms with Crippen LogP contribution in [-0.2, 0) is 9.59 Å². The van der Waals surface area contributed by atoms with Crippen molar-refractivity contribution in [2.45, 2.75) is 38.6 Å². The Labute approximate surface area is 101 Å². The lowest BCUT2D eigenvalue weighted by atomic mass is 10.1. The molecule has 0 bridgehead atoms. The molecule has 1 unspecified atom stereocenters. The van der Waals surface area contributed by atoms with Crippen LogP contribution in [0.3, 0.4) is 0 Å². The number of nitrogens with zero attached hydrogens (tertiary/aromatic N) is 1. The Morgan fingerprint density at radius 1 is 1.69 bits per heavy atom. The first-order valence-corrected chi connectivity index (χ1v) is 6.36. The van der Waals surface area contributed by atoms with Gasteiger partial charge in [0.25, 0.3) is 0 Å². The number of carbonyl (C=O) groups excluding carboxylic acids is 1. The van der Waals surface area contributed by atoms with Crippen molar-refractivity contribution < 1.29 is 14.7 Å². The van der Waals surface area contributed by atoms with Crippen LogP contribution in [0.25, 0.3) is 0 Å². The van der Waals surface area contributed by atoms with E-state index in [0.29, 0.717) is 25.1 Å². The molecule has 1 heterocycles. The quantitative estimate of drug-likeness (QED) is 0.696. The van der Waals surface area contributed by atoms with E-state index < -0.39 is 12.0 Å². The molecule has 0 aliphatic carbocycles. The number of hydrogen-bond acceptors (Lipinski definition) is 3. The van der Waals surface area contributed by atoms with Gasteiger partial charge in [0.15, 0.2) is 0 Å². The van der Waals surface area contributed by atoms with Gasteiger partial charge in [-0.25, -0.2) is 4.79 Å². The topological polar surface area (TPSA) is 57.6 Å². The first-order valence-electron chi connectivity index (χ1n) is 5.73. The normalized spacial score (nSPS) is 22.5. The summed E-state index contributed by atoms with van der Waals surface area (Å²) in [5.74, 6) is -0.0778. The summed E-state index contributed by atoms with van der Waals surface area (Å²) >= 11 is 4.16. The van der Waals surface area contributed by atoms with E-state index in [1.807, 2.05) is 6.92 Å². The van der Waals surface area contributed by atoms with Crippen LogP contribution in [0.2, 0.25) is 0 Å². The van der Waals surface area contributed by atoms with Crippen molar-refractivity contribution in [1.29, 1.82) is 0 Å². The molecule has 1 rings (SSSR count). The predicted molar refractivity (Wildman–Crippen MR) is 64.6 cm³/mol. The van der Waals surface area contributed by atoms with Crippen LogP contribution >= 0.6 is 12.6 Å². The highest BCUT2D eigenvalue weighted by Gasteiger charge is 2.36. The van der Waals surface area contributed by atoms with Crippen molar-refractivity contribution in [2.75, 3.05) is 12.3 Å². The van der Waals surface area contributed by atoms with Crippen molar-refractivity contribution in [3.63, 3.8) is 0 Å². The number of rotatable bonds is 6. The summed E-state index contributed by atoms with van der Waals surface area (Å²) in [5, 5.41) is 9.12. The van der Waals surface area contributed by atoms with E-state index in [1.54, 1.807) is 0 Å². The highest BCUT2D eigenvalue weighted by molar-refractivity contribution is 7.80. The molecule has 1 saturated heterocycles. The summed E-state index contributed by atoms with van der Waals surface area (Å²) in [4.78, 5) is 24.3. The molecule has 0 radical (unpaired) electrons. The molecule has 0 aromatic heterocycles. The monoisotopic (exact) mass is 245 g/mol. The Bertz CT molecular complexity index is 270. The molecule has 1 fully saturated rings. The van der Waals surface area contributed by atoms with Gasteiger partial charge in [-0.05, 0) is 18.1 Å². The number of aliphatic carboxylic acids is 1. The molecule has 0 aromatic rings. The van der Waals surface area contributed by atoms with Crippen LogP contribution in [0.15, 0.2) is 0 Å². The maximum absolute atomic E-state index is 11.7. The van der Waals surface area contributed by atoms with E-state index in [1.165, 1.54) is 4.90 Å². The largest absolute Gasteiger partial charge is 0.480 e. The molecule has 4 nitrogen and oxygen atoms in total. The van der Waals surface area contributed by atoms with E-state index in [-0.39, 0.29) is 11.8 Å². The van der Waals surface area contributed by atoms with E-state index >= 15 is 0 Å². The van der Waals surface area contributed by atoms with Crippen LogP contribution in [-0.4, -0.2) is 40.2 Å². The minimum Gasteiger partial charge on any atom is -0.480 e. The van der Waals surface area contributed by atoms with Gasteiger partial charge in [0.2, 0.25) is 5.91 Å². The van der Waals surface area contributed by atoms with Crippen LogP contribution in [0.5, 0.6) is 0 Å². The van der Waals surface area contributed by atoms with E-state index in [0.717, 1.165) is 12.8 Å². The van der Waals surface area contributed by atoms with Crippen LogP contribution < -0.4 is 0 Å². The van der Waals surface area contributed by atoms with E-state index in [2.05, 4.69) is 12.6 Å². The molecule has 0 spiro atoms. The summed E-state index contributed by atoms with van der Waals surface area (Å²) in [7, 11) is 0. The van der Waals surface area contributed by atoms with E-state index in [4.69, 9.17) is 5.11 Å². The third-order valence-corrected chi connectivity index (χ3v) is 3.51. The van der Waals surface area contributed by atoms with Crippen LogP contribution in [0, 0.1) is 5.92 Å². The molecule has 92 valence electrons. The molecule has 1 N–H and O–H groups in total. The first-order chi connectivity index (χ1) is 7.60. The van der Waals surface area contributed by atoms with Gasteiger partial charge in [-0.2, -0.15) is 12.6 Å². The molecular formula is C11H19NO3S. The number of thiol groups is 1. The molecule has 1 amide bonds. The standard InChI is InChI=1S/C11H19NO3S/c1-2-3-4-9(11(14)15)12-6-8(7-16)5-10(12)13/h8-9,16H,2-7H2,1H3,(H,14,15)/t8?,9-/m0/s1. The van der Waals surface area contributed by atoms with Gasteiger partial charge in [0, 0.05) is 13.0 Å². The number of unbranched alkanes of at least 4 members (excludes halogenated alkanes) is 1. The molecule has 0 saturated carbocycles. The fourth-order valence-electron chi connectivity index (χ4n) is 2.04. The smallest absolute Gasteiger partial charge is 0.326 e. The summed E-state index contributed by atoms with van der Waals surface area (Å²) < 4.78 is 0. The molecule has 5 heteroatoms. The maximum atomic E-state index is 11.7. The second-order valence-corrected chi connectivity index (χ2v) is 4.66. The lowest BCUT2D eigenvalue weighted by molar-refractivity contribution is -0.148. The summed E-state index contributed by atoms with van der Waals surface area (Å²) in [6, 6.07) is -0.641. The summed E-state index contributed by atoms with van der Waals surface area (Å²) in [6.45, 7) is 2.56. The average Bonchev–Trinajstić information content (AvgIpc) is 2.60. The van der Waals surface area contributed by atoms with Gasteiger partial charge in [-0.3, -0.25) is 4.79 Å². The van der Waals surface area contributed by atoms with Crippen LogP contribution in [0.4, 0.5) is 0 Å². The third-order valence-electron chi connectivity index (χ3n) is 2.99. The van der Waals surface area contributed by atoms with Crippen molar-refractivity contribution >= 4 is 24.5 Å². The lowest BCUT2D eigenvalue weighted by Gasteiger charge is -2.24. The Balaban J connectivity index is 2.64. The molecular weight excluding hydrogens is 226 g/mol. The molecule has 0 aromatic carbocycles. The van der Waals surface area contributed by atoms with Crippen molar-refractivity contribution in [1.82, 2.24) is 4.90 Å². The second-order valence-electron chi connectivity index (χ2n) is 4.30. The minimum atomic E-state index is -0.887. The van der Waals surface area contributed by atoms with Crippen LogP contribution in [0.1, 0.15) is 32.6 Å². The number of carboxylic acids is 1. The number of carbonyl (C=O) groups is 2. The molecule has 2 atom stereocenters. The summed E-state index contributed by atoms with van der Waals surface area (Å²) in [6.07, 6.45) is 2.78. The van der Waals surface area contributed by atoms with Gasteiger partial charge >= 0.3 is 5.97 Å². The Morgan fingerprint density at radius 2 is 2.38 bits per heavy atom. The Kier molecular flexibility index (Phi) is 5.12. The Morgan fingerprint density at radius 3 is 2.81 bits per heavy atom. The number of carboxylic acid groups (broad SMARTS) is 1. The number of amides is 1. The minimum absolute atomic E-state index is 0.0393. The SMILES string of the molecule is CCCC[C@@H](C(=O)O)N1CC(CS)CC1=O. The molecule has 1 aliphatic heterocycles. The van der Waals surface area contributed by atoms with Crippen molar-refractivity contribution in [3.8, 4) is 0 Å². The first kappa shape index (κ1) is 13.4. The fraction of sp³-hybridized carbons (Fsp3) is 0.818. The second kappa shape index (κ2) is 6.13. The van der Waals surface area contributed by atoms with Crippen molar-refractivity contribution in [2.24, 2.45) is 5.92 Å². The van der Waals surface area contributed by atoms with Crippen molar-refractivity contribution in [3.05, 3.63) is 0 Å². The molecule has 16 heavy (non-hydrogen) atoms. The zero-order valence-electron chi connectivity index (χ0n) is 9.56. The predicted octanol–water partition coefficient (Wildman–Crippen LogP) is 1.41.